The normalized spacial score (nSPS) is 23.6. The fourth-order valence-corrected chi connectivity index (χ4v) is 4.76. The molecular weight excluding hydrogens is 411 g/mol. The van der Waals surface area contributed by atoms with Crippen molar-refractivity contribution in [2.45, 2.75) is 51.8 Å². The maximum absolute atomic E-state index is 13.2. The predicted octanol–water partition coefficient (Wildman–Crippen LogP) is 3.77. The smallest absolute Gasteiger partial charge is 0.311 e. The van der Waals surface area contributed by atoms with Crippen LogP contribution >= 0.6 is 0 Å². The second-order valence-electron chi connectivity index (χ2n) is 8.83. The van der Waals surface area contributed by atoms with Gasteiger partial charge in [0.15, 0.2) is 0 Å². The van der Waals surface area contributed by atoms with E-state index in [-0.39, 0.29) is 11.9 Å². The van der Waals surface area contributed by atoms with E-state index in [4.69, 9.17) is 4.84 Å². The Kier molecular flexibility index (Phi) is 6.41. The number of rotatable bonds is 8. The summed E-state index contributed by atoms with van der Waals surface area (Å²) >= 11 is 0. The van der Waals surface area contributed by atoms with E-state index in [9.17, 15) is 14.3 Å². The Labute approximate surface area is 187 Å². The molecule has 0 aliphatic carbocycles. The quantitative estimate of drug-likeness (QED) is 0.632. The minimum absolute atomic E-state index is 0.303. The van der Waals surface area contributed by atoms with Gasteiger partial charge in [0.1, 0.15) is 11.9 Å². The van der Waals surface area contributed by atoms with Gasteiger partial charge in [-0.3, -0.25) is 14.4 Å². The number of likely N-dealkylation sites (tertiary alicyclic amines) is 1. The molecule has 32 heavy (non-hydrogen) atoms. The van der Waals surface area contributed by atoms with Crippen LogP contribution in [-0.4, -0.2) is 50.7 Å². The predicted molar refractivity (Wildman–Crippen MR) is 119 cm³/mol. The maximum Gasteiger partial charge on any atom is 0.311 e. The minimum atomic E-state index is -0.887. The topological polar surface area (TPSA) is 80.0 Å². The molecule has 170 valence electrons. The average molecular weight is 441 g/mol. The SMILES string of the molecule is C=CCn1cc(CN2CCC[C@@](C[C@H]3CC(c4ccc(F)cc4)=NO3)(C(=O)O)C2)c(C)n1. The molecule has 2 aliphatic heterocycles. The van der Waals surface area contributed by atoms with Crippen molar-refractivity contribution >= 4 is 11.7 Å². The minimum Gasteiger partial charge on any atom is -0.481 e. The molecule has 1 N–H and O–H groups in total. The molecule has 2 atom stereocenters. The first-order valence-corrected chi connectivity index (χ1v) is 11.0. The molecule has 1 saturated heterocycles. The first-order chi connectivity index (χ1) is 15.4. The number of nitrogens with zero attached hydrogens (tertiary/aromatic N) is 4. The van der Waals surface area contributed by atoms with Gasteiger partial charge in [-0.15, -0.1) is 6.58 Å². The summed E-state index contributed by atoms with van der Waals surface area (Å²) in [6, 6.07) is 6.12. The average Bonchev–Trinajstić information content (AvgIpc) is 3.35. The highest BCUT2D eigenvalue weighted by atomic mass is 19.1. The van der Waals surface area contributed by atoms with Crippen molar-refractivity contribution in [2.24, 2.45) is 10.6 Å². The van der Waals surface area contributed by atoms with Gasteiger partial charge in [-0.2, -0.15) is 5.10 Å². The van der Waals surface area contributed by atoms with Crippen LogP contribution in [0.2, 0.25) is 0 Å². The van der Waals surface area contributed by atoms with Gasteiger partial charge in [0, 0.05) is 37.7 Å². The number of carbonyl (C=O) groups is 1. The van der Waals surface area contributed by atoms with Gasteiger partial charge in [0.05, 0.1) is 23.4 Å². The first-order valence-electron chi connectivity index (χ1n) is 11.0. The Bertz CT molecular complexity index is 1020. The largest absolute Gasteiger partial charge is 0.481 e. The van der Waals surface area contributed by atoms with Gasteiger partial charge in [0.2, 0.25) is 0 Å². The summed E-state index contributed by atoms with van der Waals surface area (Å²) in [7, 11) is 0. The number of piperidine rings is 1. The molecule has 2 aliphatic rings. The molecule has 3 heterocycles. The van der Waals surface area contributed by atoms with E-state index in [1.54, 1.807) is 18.2 Å². The van der Waals surface area contributed by atoms with Crippen LogP contribution in [0, 0.1) is 18.2 Å². The molecule has 8 heteroatoms. The van der Waals surface area contributed by atoms with Crippen LogP contribution in [-0.2, 0) is 22.7 Å². The summed E-state index contributed by atoms with van der Waals surface area (Å²) < 4.78 is 15.1. The highest BCUT2D eigenvalue weighted by Gasteiger charge is 2.45. The molecule has 7 nitrogen and oxygen atoms in total. The number of aromatic nitrogens is 2. The number of aryl methyl sites for hydroxylation is 1. The lowest BCUT2D eigenvalue weighted by Gasteiger charge is -2.40. The first kappa shape index (κ1) is 22.2. The van der Waals surface area contributed by atoms with Crippen LogP contribution in [0.3, 0.4) is 0 Å². The molecule has 4 rings (SSSR count). The zero-order valence-electron chi connectivity index (χ0n) is 18.3. The summed E-state index contributed by atoms with van der Waals surface area (Å²) in [5.41, 5.74) is 2.70. The summed E-state index contributed by atoms with van der Waals surface area (Å²) in [6.45, 7) is 8.35. The molecule has 2 aromatic rings. The fourth-order valence-electron chi connectivity index (χ4n) is 4.76. The lowest BCUT2D eigenvalue weighted by Crippen LogP contribution is -2.49. The number of oxime groups is 1. The number of aliphatic carboxylic acids is 1. The Morgan fingerprint density at radius 3 is 2.91 bits per heavy atom. The third-order valence-electron chi connectivity index (χ3n) is 6.40. The Morgan fingerprint density at radius 2 is 2.19 bits per heavy atom. The Morgan fingerprint density at radius 1 is 1.41 bits per heavy atom. The van der Waals surface area contributed by atoms with Crippen LogP contribution < -0.4 is 0 Å². The second kappa shape index (κ2) is 9.24. The Balaban J connectivity index is 1.42. The molecule has 0 spiro atoms. The molecule has 0 radical (unpaired) electrons. The number of allylic oxidation sites excluding steroid dienone is 1. The van der Waals surface area contributed by atoms with Gasteiger partial charge in [-0.25, -0.2) is 4.39 Å². The molecule has 1 fully saturated rings. The highest BCUT2D eigenvalue weighted by molar-refractivity contribution is 6.01. The summed E-state index contributed by atoms with van der Waals surface area (Å²) in [5, 5.41) is 18.9. The van der Waals surface area contributed by atoms with Crippen molar-refractivity contribution in [1.82, 2.24) is 14.7 Å². The third-order valence-corrected chi connectivity index (χ3v) is 6.40. The summed E-state index contributed by atoms with van der Waals surface area (Å²) in [6.07, 6.45) is 5.84. The van der Waals surface area contributed by atoms with Crippen LogP contribution in [0.4, 0.5) is 4.39 Å². The second-order valence-corrected chi connectivity index (χ2v) is 8.83. The van der Waals surface area contributed by atoms with Gasteiger partial charge < -0.3 is 9.94 Å². The molecule has 0 bridgehead atoms. The maximum atomic E-state index is 13.2. The summed E-state index contributed by atoms with van der Waals surface area (Å²) in [5.74, 6) is -1.10. The number of hydrogen-bond acceptors (Lipinski definition) is 5. The standard InChI is InChI=1S/C24H29FN4O3/c1-3-10-29-15-19(17(2)26-29)14-28-11-4-9-24(16-28,23(30)31)13-21-12-22(27-32-21)18-5-7-20(25)8-6-18/h3,5-8,15,21H,1,4,9-14,16H2,2H3,(H,30,31)/t21-,24+/m1/s1. The zero-order chi connectivity index (χ0) is 22.7. The fraction of sp³-hybridized carbons (Fsp3) is 0.458. The van der Waals surface area contributed by atoms with Gasteiger partial charge in [-0.05, 0) is 44.0 Å². The third kappa shape index (κ3) is 4.75. The van der Waals surface area contributed by atoms with E-state index in [1.165, 1.54) is 12.1 Å². The Hall–Kier alpha value is -3.00. The van der Waals surface area contributed by atoms with Crippen LogP contribution in [0.15, 0.2) is 48.3 Å². The summed E-state index contributed by atoms with van der Waals surface area (Å²) in [4.78, 5) is 20.2. The van der Waals surface area contributed by atoms with E-state index in [0.717, 1.165) is 35.5 Å². The number of hydrogen-bond donors (Lipinski definition) is 1. The molecular formula is C24H29FN4O3. The van der Waals surface area contributed by atoms with E-state index in [1.807, 2.05) is 17.8 Å². The van der Waals surface area contributed by atoms with Crippen molar-refractivity contribution in [1.29, 1.82) is 0 Å². The van der Waals surface area contributed by atoms with Gasteiger partial charge >= 0.3 is 5.97 Å². The van der Waals surface area contributed by atoms with Crippen LogP contribution in [0.5, 0.6) is 0 Å². The number of benzene rings is 1. The highest BCUT2D eigenvalue weighted by Crippen LogP contribution is 2.38. The van der Waals surface area contributed by atoms with E-state index in [0.29, 0.717) is 38.9 Å². The zero-order valence-corrected chi connectivity index (χ0v) is 18.3. The molecule has 1 aromatic carbocycles. The van der Waals surface area contributed by atoms with E-state index < -0.39 is 11.4 Å². The lowest BCUT2D eigenvalue weighted by atomic mass is 9.74. The van der Waals surface area contributed by atoms with Crippen molar-refractivity contribution in [3.63, 3.8) is 0 Å². The molecule has 0 saturated carbocycles. The molecule has 0 unspecified atom stereocenters. The number of carboxylic acids is 1. The van der Waals surface area contributed by atoms with Crippen molar-refractivity contribution in [3.05, 3.63) is 65.8 Å². The number of carboxylic acid groups (broad SMARTS) is 1. The molecule has 1 aromatic heterocycles. The molecule has 0 amide bonds. The van der Waals surface area contributed by atoms with Crippen LogP contribution in [0.1, 0.15) is 42.5 Å². The van der Waals surface area contributed by atoms with E-state index in [2.05, 4.69) is 21.7 Å². The lowest BCUT2D eigenvalue weighted by molar-refractivity contribution is -0.156. The van der Waals surface area contributed by atoms with Crippen molar-refractivity contribution < 1.29 is 19.1 Å². The van der Waals surface area contributed by atoms with E-state index >= 15 is 0 Å². The van der Waals surface area contributed by atoms with Gasteiger partial charge in [0.25, 0.3) is 0 Å². The monoisotopic (exact) mass is 440 g/mol. The van der Waals surface area contributed by atoms with Crippen molar-refractivity contribution in [2.75, 3.05) is 13.1 Å². The van der Waals surface area contributed by atoms with Crippen LogP contribution in [0.25, 0.3) is 0 Å². The van der Waals surface area contributed by atoms with Crippen molar-refractivity contribution in [3.8, 4) is 0 Å². The number of halogens is 1. The van der Waals surface area contributed by atoms with Gasteiger partial charge in [-0.1, -0.05) is 23.4 Å².